The Bertz CT molecular complexity index is 1600. The number of nitrogens with zero attached hydrogens (tertiary/aromatic N) is 5. The zero-order chi connectivity index (χ0) is 30.6. The Labute approximate surface area is 240 Å². The van der Waals surface area contributed by atoms with Gasteiger partial charge in [-0.3, -0.25) is 14.5 Å². The van der Waals surface area contributed by atoms with Crippen LogP contribution in [0.15, 0.2) is 66.9 Å². The Balaban J connectivity index is 0.000000730. The molecule has 2 aromatic heterocycles. The van der Waals surface area contributed by atoms with Crippen LogP contribution in [0.1, 0.15) is 41.0 Å². The van der Waals surface area contributed by atoms with Crippen molar-refractivity contribution in [2.75, 3.05) is 16.8 Å². The van der Waals surface area contributed by atoms with Crippen LogP contribution in [-0.2, 0) is 28.0 Å². The number of aliphatic carboxylic acids is 3. The molecule has 4 rings (SSSR count). The minimum absolute atomic E-state index is 0.0590. The maximum absolute atomic E-state index is 13.5. The quantitative estimate of drug-likeness (QED) is 0.160. The molecule has 4 N–H and O–H groups in total. The predicted molar refractivity (Wildman–Crippen MR) is 152 cm³/mol. The maximum atomic E-state index is 13.5. The second kappa shape index (κ2) is 14.6. The summed E-state index contributed by atoms with van der Waals surface area (Å²) >= 11 is 0. The molecule has 13 nitrogen and oxygen atoms in total. The molecule has 0 bridgehead atoms. The number of hydrogen-bond acceptors (Lipinski definition) is 8. The molecule has 1 amide bonds. The monoisotopic (exact) mass is 572 g/mol. The van der Waals surface area contributed by atoms with Gasteiger partial charge < -0.3 is 25.2 Å². The van der Waals surface area contributed by atoms with Gasteiger partial charge in [-0.2, -0.15) is 5.26 Å². The lowest BCUT2D eigenvalue weighted by molar-refractivity contribution is -0.159. The summed E-state index contributed by atoms with van der Waals surface area (Å²) in [5.41, 5.74) is 3.56. The summed E-state index contributed by atoms with van der Waals surface area (Å²) in [6.07, 6.45) is 2.71. The third-order valence-corrected chi connectivity index (χ3v) is 6.06. The molecule has 0 unspecified atom stereocenters. The fraction of sp³-hybridized carbons (Fsp3) is 0.207. The fourth-order valence-electron chi connectivity index (χ4n) is 3.92. The smallest absolute Gasteiger partial charge is 0.414 e. The van der Waals surface area contributed by atoms with E-state index in [1.807, 2.05) is 35.9 Å². The van der Waals surface area contributed by atoms with Crippen molar-refractivity contribution in [3.05, 3.63) is 83.8 Å². The van der Waals surface area contributed by atoms with Crippen LogP contribution < -0.4 is 10.2 Å². The summed E-state index contributed by atoms with van der Waals surface area (Å²) in [5.74, 6) is -3.39. The van der Waals surface area contributed by atoms with Gasteiger partial charge in [0.15, 0.2) is 0 Å². The van der Waals surface area contributed by atoms with Crippen LogP contribution in [0.3, 0.4) is 0 Å². The van der Waals surface area contributed by atoms with Crippen molar-refractivity contribution in [1.29, 1.82) is 5.26 Å². The van der Waals surface area contributed by atoms with Gasteiger partial charge in [0.25, 0.3) is 5.91 Å². The summed E-state index contributed by atoms with van der Waals surface area (Å²) < 4.78 is 1.97. The number of pyridine rings is 1. The van der Waals surface area contributed by atoms with Gasteiger partial charge in [0.2, 0.25) is 0 Å². The van der Waals surface area contributed by atoms with Crippen molar-refractivity contribution in [2.45, 2.75) is 25.8 Å². The predicted octanol–water partition coefficient (Wildman–Crippen LogP) is 3.51. The second-order valence-corrected chi connectivity index (χ2v) is 8.94. The molecule has 13 heteroatoms. The molecule has 0 saturated carbocycles. The van der Waals surface area contributed by atoms with Crippen LogP contribution in [-0.4, -0.2) is 60.2 Å². The lowest BCUT2D eigenvalue weighted by atomic mass is 10.1. The van der Waals surface area contributed by atoms with E-state index in [0.29, 0.717) is 48.4 Å². The molecule has 2 heterocycles. The highest BCUT2D eigenvalue weighted by Crippen LogP contribution is 2.21. The maximum Gasteiger partial charge on any atom is 0.414 e. The number of unbranched alkanes of at least 4 members (excludes halogenated alkanes) is 1. The summed E-state index contributed by atoms with van der Waals surface area (Å²) in [4.78, 5) is 53.2. The molecule has 0 aliphatic heterocycles. The van der Waals surface area contributed by atoms with Gasteiger partial charge in [-0.05, 0) is 67.4 Å². The first-order chi connectivity index (χ1) is 20.1. The van der Waals surface area contributed by atoms with E-state index in [-0.39, 0.29) is 12.3 Å². The molecule has 0 saturated heterocycles. The number of benzene rings is 2. The minimum atomic E-state index is -1.82. The highest BCUT2D eigenvalue weighted by Gasteiger charge is 2.20. The number of fused-ring (bicyclic) bond motifs is 1. The zero-order valence-corrected chi connectivity index (χ0v) is 22.6. The van der Waals surface area contributed by atoms with E-state index in [0.717, 1.165) is 17.0 Å². The van der Waals surface area contributed by atoms with E-state index in [4.69, 9.17) is 35.2 Å². The first-order valence-corrected chi connectivity index (χ1v) is 12.7. The molecule has 42 heavy (non-hydrogen) atoms. The number of carboxylic acid groups (broad SMARTS) is 3. The van der Waals surface area contributed by atoms with E-state index in [9.17, 15) is 9.59 Å². The molecular weight excluding hydrogens is 544 g/mol. The first kappa shape index (κ1) is 30.8. The Morgan fingerprint density at radius 3 is 2.29 bits per heavy atom. The Morgan fingerprint density at radius 2 is 1.69 bits per heavy atom. The summed E-state index contributed by atoms with van der Waals surface area (Å²) in [7, 11) is 1.93. The Hall–Kier alpha value is -5.77. The normalized spacial score (nSPS) is 10.2. The minimum Gasteiger partial charge on any atom is -0.481 e. The van der Waals surface area contributed by atoms with Crippen LogP contribution in [0.2, 0.25) is 0 Å². The molecule has 4 aromatic rings. The largest absolute Gasteiger partial charge is 0.481 e. The molecule has 2 aromatic carbocycles. The number of aromatic nitrogens is 3. The lowest BCUT2D eigenvalue weighted by Gasteiger charge is -2.21. The van der Waals surface area contributed by atoms with Crippen LogP contribution >= 0.6 is 0 Å². The molecule has 0 atom stereocenters. The van der Waals surface area contributed by atoms with Gasteiger partial charge in [-0.15, -0.1) is 0 Å². The van der Waals surface area contributed by atoms with Gasteiger partial charge in [0.1, 0.15) is 11.6 Å². The molecule has 0 spiro atoms. The van der Waals surface area contributed by atoms with Gasteiger partial charge in [0.05, 0.1) is 29.2 Å². The number of rotatable bonds is 10. The van der Waals surface area contributed by atoms with E-state index in [1.54, 1.807) is 47.5 Å². The fourth-order valence-corrected chi connectivity index (χ4v) is 3.92. The SMILES string of the molecule is Cn1c(CNc2ccc(C#N)cc2)nc2cc(C(=O)N(CCCCC(=O)O)c3ccccn3)ccc21.O=C(O)C(=O)O. The lowest BCUT2D eigenvalue weighted by Crippen LogP contribution is -2.32. The average Bonchev–Trinajstić information content (AvgIpc) is 3.31. The molecule has 0 aliphatic carbocycles. The van der Waals surface area contributed by atoms with Crippen LogP contribution in [0.5, 0.6) is 0 Å². The average molecular weight is 573 g/mol. The van der Waals surface area contributed by atoms with E-state index >= 15 is 0 Å². The number of nitriles is 1. The molecule has 0 aliphatic rings. The third kappa shape index (κ3) is 8.36. The number of carboxylic acids is 3. The van der Waals surface area contributed by atoms with E-state index in [1.165, 1.54) is 0 Å². The number of hydrogen-bond donors (Lipinski definition) is 4. The van der Waals surface area contributed by atoms with Gasteiger partial charge in [-0.1, -0.05) is 6.07 Å². The Morgan fingerprint density at radius 1 is 0.976 bits per heavy atom. The van der Waals surface area contributed by atoms with Crippen LogP contribution in [0, 0.1) is 11.3 Å². The van der Waals surface area contributed by atoms with E-state index < -0.39 is 17.9 Å². The topological polar surface area (TPSA) is 199 Å². The standard InChI is InChI=1S/C27H26N6O3.C2H2O4/c1-32-23-13-10-20(16-22(23)31-25(32)18-30-21-11-8-19(17-28)9-12-21)27(36)33(15-5-3-7-26(34)35)24-6-2-4-14-29-24;3-1(4)2(5)6/h2,4,6,8-14,16,30H,3,5,7,15,18H2,1H3,(H,34,35);(H,3,4)(H,5,6). The van der Waals surface area contributed by atoms with Crippen molar-refractivity contribution in [3.8, 4) is 6.07 Å². The molecular formula is C29H28N6O7. The van der Waals surface area contributed by atoms with Crippen molar-refractivity contribution in [3.63, 3.8) is 0 Å². The molecule has 0 fully saturated rings. The third-order valence-electron chi connectivity index (χ3n) is 6.06. The van der Waals surface area contributed by atoms with Crippen molar-refractivity contribution in [1.82, 2.24) is 14.5 Å². The van der Waals surface area contributed by atoms with Crippen molar-refractivity contribution >= 4 is 46.4 Å². The first-order valence-electron chi connectivity index (χ1n) is 12.7. The number of aryl methyl sites for hydroxylation is 1. The number of carbonyl (C=O) groups excluding carboxylic acids is 1. The molecule has 0 radical (unpaired) electrons. The number of nitrogens with one attached hydrogen (secondary N) is 1. The number of anilines is 2. The van der Waals surface area contributed by atoms with Crippen LogP contribution in [0.25, 0.3) is 11.0 Å². The molecule has 216 valence electrons. The number of imidazole rings is 1. The highest BCUT2D eigenvalue weighted by atomic mass is 16.4. The van der Waals surface area contributed by atoms with Gasteiger partial charge in [-0.25, -0.2) is 19.6 Å². The zero-order valence-electron chi connectivity index (χ0n) is 22.6. The summed E-state index contributed by atoms with van der Waals surface area (Å²) in [6, 6.07) is 20.1. The second-order valence-electron chi connectivity index (χ2n) is 8.94. The highest BCUT2D eigenvalue weighted by molar-refractivity contribution is 6.27. The summed E-state index contributed by atoms with van der Waals surface area (Å²) in [5, 5.41) is 36.0. The van der Waals surface area contributed by atoms with Crippen molar-refractivity contribution < 1.29 is 34.5 Å². The van der Waals surface area contributed by atoms with Crippen molar-refractivity contribution in [2.24, 2.45) is 7.05 Å². The summed E-state index contributed by atoms with van der Waals surface area (Å²) in [6.45, 7) is 0.840. The van der Waals surface area contributed by atoms with Crippen LogP contribution in [0.4, 0.5) is 11.5 Å². The van der Waals surface area contributed by atoms with Gasteiger partial charge >= 0.3 is 17.9 Å². The van der Waals surface area contributed by atoms with Gasteiger partial charge in [0, 0.05) is 37.5 Å². The Kier molecular flexibility index (Phi) is 10.7. The number of amides is 1. The number of carbonyl (C=O) groups is 4. The van der Waals surface area contributed by atoms with E-state index in [2.05, 4.69) is 16.4 Å².